The van der Waals surface area contributed by atoms with Gasteiger partial charge in [-0.1, -0.05) is 25.7 Å². The van der Waals surface area contributed by atoms with Gasteiger partial charge in [-0.05, 0) is 32.2 Å². The number of rotatable bonds is 3. The van der Waals surface area contributed by atoms with Crippen molar-refractivity contribution < 1.29 is 0 Å². The molecule has 0 aromatic carbocycles. The summed E-state index contributed by atoms with van der Waals surface area (Å²) in [6.45, 7) is 2.43. The Labute approximate surface area is 87.8 Å². The van der Waals surface area contributed by atoms with E-state index < -0.39 is 0 Å². The summed E-state index contributed by atoms with van der Waals surface area (Å²) in [5, 5.41) is 7.29. The Bertz CT molecular complexity index is 144. The van der Waals surface area contributed by atoms with Crippen LogP contribution in [0.2, 0.25) is 0 Å². The predicted octanol–water partition coefficient (Wildman–Crippen LogP) is 2.05. The largest absolute Gasteiger partial charge is 0.313 e. The summed E-state index contributed by atoms with van der Waals surface area (Å²) in [6.07, 6.45) is 11.4. The van der Waals surface area contributed by atoms with E-state index in [1.165, 1.54) is 64.5 Å². The van der Waals surface area contributed by atoms with Crippen LogP contribution in [0.3, 0.4) is 0 Å². The van der Waals surface area contributed by atoms with Crippen LogP contribution in [-0.4, -0.2) is 25.2 Å². The molecular weight excluding hydrogens is 172 g/mol. The Kier molecular flexibility index (Phi) is 4.26. The molecule has 1 saturated heterocycles. The summed E-state index contributed by atoms with van der Waals surface area (Å²) in [6, 6.07) is 1.58. The molecule has 0 amide bonds. The second-order valence-corrected chi connectivity index (χ2v) is 4.89. The molecule has 1 aliphatic carbocycles. The second-order valence-electron chi connectivity index (χ2n) is 4.89. The van der Waals surface area contributed by atoms with E-state index in [0.717, 1.165) is 12.1 Å². The monoisotopic (exact) mass is 196 g/mol. The van der Waals surface area contributed by atoms with E-state index in [4.69, 9.17) is 0 Å². The lowest BCUT2D eigenvalue weighted by Crippen LogP contribution is -2.39. The third-order valence-electron chi connectivity index (χ3n) is 3.67. The van der Waals surface area contributed by atoms with Crippen molar-refractivity contribution in [2.24, 2.45) is 0 Å². The van der Waals surface area contributed by atoms with Crippen molar-refractivity contribution in [2.45, 2.75) is 63.5 Å². The van der Waals surface area contributed by atoms with Gasteiger partial charge in [-0.25, -0.2) is 0 Å². The average molecular weight is 196 g/mol. The molecule has 0 aromatic heterocycles. The highest BCUT2D eigenvalue weighted by molar-refractivity contribution is 4.79. The molecular formula is C12H24N2. The predicted molar refractivity (Wildman–Crippen MR) is 60.5 cm³/mol. The van der Waals surface area contributed by atoms with E-state index in [0.29, 0.717) is 0 Å². The zero-order valence-electron chi connectivity index (χ0n) is 9.23. The van der Waals surface area contributed by atoms with Gasteiger partial charge in [0, 0.05) is 18.6 Å². The van der Waals surface area contributed by atoms with Crippen molar-refractivity contribution in [2.75, 3.05) is 13.1 Å². The van der Waals surface area contributed by atoms with Crippen LogP contribution in [0.25, 0.3) is 0 Å². The molecule has 0 bridgehead atoms. The summed E-state index contributed by atoms with van der Waals surface area (Å²) in [7, 11) is 0. The molecule has 82 valence electrons. The van der Waals surface area contributed by atoms with E-state index in [-0.39, 0.29) is 0 Å². The summed E-state index contributed by atoms with van der Waals surface area (Å²) < 4.78 is 0. The van der Waals surface area contributed by atoms with Crippen molar-refractivity contribution >= 4 is 0 Å². The second kappa shape index (κ2) is 5.72. The number of hydrogen-bond acceptors (Lipinski definition) is 2. The highest BCUT2D eigenvalue weighted by atomic mass is 15.0. The number of nitrogens with one attached hydrogen (secondary N) is 2. The van der Waals surface area contributed by atoms with Crippen LogP contribution >= 0.6 is 0 Å². The van der Waals surface area contributed by atoms with Gasteiger partial charge in [0.2, 0.25) is 0 Å². The van der Waals surface area contributed by atoms with Gasteiger partial charge in [-0.3, -0.25) is 0 Å². The topological polar surface area (TPSA) is 24.1 Å². The zero-order chi connectivity index (χ0) is 9.64. The van der Waals surface area contributed by atoms with Gasteiger partial charge in [0.25, 0.3) is 0 Å². The lowest BCUT2D eigenvalue weighted by atomic mass is 10.1. The van der Waals surface area contributed by atoms with Gasteiger partial charge in [-0.2, -0.15) is 0 Å². The van der Waals surface area contributed by atoms with Crippen molar-refractivity contribution in [3.8, 4) is 0 Å². The van der Waals surface area contributed by atoms with Gasteiger partial charge in [0.1, 0.15) is 0 Å². The molecule has 2 heteroatoms. The molecule has 2 rings (SSSR count). The highest BCUT2D eigenvalue weighted by Crippen LogP contribution is 2.17. The normalized spacial score (nSPS) is 30.4. The maximum atomic E-state index is 3.74. The Morgan fingerprint density at radius 1 is 0.929 bits per heavy atom. The Morgan fingerprint density at radius 3 is 2.36 bits per heavy atom. The van der Waals surface area contributed by atoms with E-state index in [2.05, 4.69) is 10.6 Å². The summed E-state index contributed by atoms with van der Waals surface area (Å²) in [5.74, 6) is 0. The molecule has 2 aliphatic rings. The third-order valence-corrected chi connectivity index (χ3v) is 3.67. The zero-order valence-corrected chi connectivity index (χ0v) is 9.23. The van der Waals surface area contributed by atoms with E-state index in [1.54, 1.807) is 0 Å². The first-order valence-corrected chi connectivity index (χ1v) is 6.42. The van der Waals surface area contributed by atoms with E-state index in [1.807, 2.05) is 0 Å². The van der Waals surface area contributed by atoms with Crippen molar-refractivity contribution in [1.29, 1.82) is 0 Å². The van der Waals surface area contributed by atoms with Crippen molar-refractivity contribution in [3.05, 3.63) is 0 Å². The fraction of sp³-hybridized carbons (Fsp3) is 1.00. The lowest BCUT2D eigenvalue weighted by Gasteiger charge is -2.19. The van der Waals surface area contributed by atoms with Crippen molar-refractivity contribution in [1.82, 2.24) is 10.6 Å². The van der Waals surface area contributed by atoms with Gasteiger partial charge in [-0.15, -0.1) is 0 Å². The Morgan fingerprint density at radius 2 is 1.71 bits per heavy atom. The minimum absolute atomic E-state index is 0.762. The maximum absolute atomic E-state index is 3.74. The summed E-state index contributed by atoms with van der Waals surface area (Å²) >= 11 is 0. The van der Waals surface area contributed by atoms with Gasteiger partial charge in [0.05, 0.1) is 0 Å². The molecule has 14 heavy (non-hydrogen) atoms. The van der Waals surface area contributed by atoms with Crippen LogP contribution in [0.1, 0.15) is 51.4 Å². The first kappa shape index (κ1) is 10.4. The molecule has 1 aliphatic heterocycles. The molecule has 0 radical (unpaired) electrons. The van der Waals surface area contributed by atoms with Crippen LogP contribution in [-0.2, 0) is 0 Å². The molecule has 0 aromatic rings. The number of hydrogen-bond donors (Lipinski definition) is 2. The fourth-order valence-corrected chi connectivity index (χ4v) is 2.72. The SMILES string of the molecule is C1CCCC(NC[C@H]2CCCN2)CC1. The summed E-state index contributed by atoms with van der Waals surface area (Å²) in [5.41, 5.74) is 0. The highest BCUT2D eigenvalue weighted by Gasteiger charge is 2.16. The molecule has 0 unspecified atom stereocenters. The molecule has 0 spiro atoms. The van der Waals surface area contributed by atoms with Crippen LogP contribution in [0.5, 0.6) is 0 Å². The first-order valence-electron chi connectivity index (χ1n) is 6.42. The third kappa shape index (κ3) is 3.25. The van der Waals surface area contributed by atoms with Crippen molar-refractivity contribution in [3.63, 3.8) is 0 Å². The Balaban J connectivity index is 1.62. The van der Waals surface area contributed by atoms with Gasteiger partial charge < -0.3 is 10.6 Å². The van der Waals surface area contributed by atoms with Crippen LogP contribution < -0.4 is 10.6 Å². The lowest BCUT2D eigenvalue weighted by molar-refractivity contribution is 0.425. The van der Waals surface area contributed by atoms with Gasteiger partial charge >= 0.3 is 0 Å². The van der Waals surface area contributed by atoms with Gasteiger partial charge in [0.15, 0.2) is 0 Å². The average Bonchev–Trinajstić information content (AvgIpc) is 2.58. The molecule has 1 atom stereocenters. The van der Waals surface area contributed by atoms with Crippen LogP contribution in [0.4, 0.5) is 0 Å². The molecule has 1 saturated carbocycles. The molecule has 2 nitrogen and oxygen atoms in total. The standard InChI is InChI=1S/C12H24N2/c1-2-4-7-11(6-3-1)14-10-12-8-5-9-13-12/h11-14H,1-10H2/t12-/m1/s1. The van der Waals surface area contributed by atoms with Crippen LogP contribution in [0, 0.1) is 0 Å². The maximum Gasteiger partial charge on any atom is 0.0193 e. The molecule has 1 heterocycles. The first-order chi connectivity index (χ1) is 6.95. The molecule has 2 N–H and O–H groups in total. The fourth-order valence-electron chi connectivity index (χ4n) is 2.72. The van der Waals surface area contributed by atoms with E-state index >= 15 is 0 Å². The quantitative estimate of drug-likeness (QED) is 0.675. The summed E-state index contributed by atoms with van der Waals surface area (Å²) in [4.78, 5) is 0. The Hall–Kier alpha value is -0.0800. The van der Waals surface area contributed by atoms with Crippen LogP contribution in [0.15, 0.2) is 0 Å². The smallest absolute Gasteiger partial charge is 0.0193 e. The minimum Gasteiger partial charge on any atom is -0.313 e. The minimum atomic E-state index is 0.762. The molecule has 2 fully saturated rings. The van der Waals surface area contributed by atoms with E-state index in [9.17, 15) is 0 Å².